The molecular weight excluding hydrogens is 313 g/mol. The molecule has 1 atom stereocenters. The molecule has 0 saturated carbocycles. The summed E-state index contributed by atoms with van der Waals surface area (Å²) < 4.78 is 5.66. The number of aromatic carboxylic acids is 1. The number of carbonyl (C=O) groups is 2. The Bertz CT molecular complexity index is 634. The molecule has 1 aromatic carbocycles. The molecule has 0 aromatic heterocycles. The molecule has 128 valence electrons. The summed E-state index contributed by atoms with van der Waals surface area (Å²) in [6.45, 7) is 1.30. The molecule has 1 saturated heterocycles. The van der Waals surface area contributed by atoms with Crippen LogP contribution in [0.25, 0.3) is 0 Å². The average molecular weight is 333 g/mol. The number of ether oxygens (including phenoxy) is 1. The van der Waals surface area contributed by atoms with Crippen LogP contribution in [-0.4, -0.2) is 66.6 Å². The number of rotatable bonds is 8. The van der Waals surface area contributed by atoms with Gasteiger partial charge in [-0.25, -0.2) is 4.79 Å². The van der Waals surface area contributed by atoms with Crippen LogP contribution in [0.2, 0.25) is 6.32 Å². The van der Waals surface area contributed by atoms with E-state index in [1.165, 1.54) is 6.07 Å². The van der Waals surface area contributed by atoms with Gasteiger partial charge in [-0.05, 0) is 18.1 Å². The highest BCUT2D eigenvalue weighted by molar-refractivity contribution is 6.08. The van der Waals surface area contributed by atoms with Crippen LogP contribution in [0.15, 0.2) is 12.1 Å². The molecule has 24 heavy (non-hydrogen) atoms. The summed E-state index contributed by atoms with van der Waals surface area (Å²) in [7, 11) is 5.44. The largest absolute Gasteiger partial charge is 0.507 e. The molecule has 9 heteroatoms. The fourth-order valence-electron chi connectivity index (χ4n) is 2.57. The van der Waals surface area contributed by atoms with E-state index < -0.39 is 17.9 Å². The number of phenols is 1. The van der Waals surface area contributed by atoms with E-state index in [1.54, 1.807) is 6.07 Å². The standard InChI is InChI=1S/C15H20BN3O5/c16-4-3-8-1-2-11(12(13(8)20)15(22)23)24-9-5-19(6-9)7-10(17)14(18)21/h1-2,9-10,20H,3-7,17H2,(H2,18,21)(H,22,23). The van der Waals surface area contributed by atoms with Crippen molar-refractivity contribution in [1.82, 2.24) is 4.90 Å². The Morgan fingerprint density at radius 1 is 1.42 bits per heavy atom. The fraction of sp³-hybridized carbons (Fsp3) is 0.467. The lowest BCUT2D eigenvalue weighted by Crippen LogP contribution is -2.58. The first-order valence-corrected chi connectivity index (χ1v) is 7.55. The third kappa shape index (κ3) is 3.98. The summed E-state index contributed by atoms with van der Waals surface area (Å²) in [5.74, 6) is -2.07. The van der Waals surface area contributed by atoms with Crippen LogP contribution in [0.5, 0.6) is 11.5 Å². The summed E-state index contributed by atoms with van der Waals surface area (Å²) >= 11 is 0. The van der Waals surface area contributed by atoms with Gasteiger partial charge in [0, 0.05) is 19.6 Å². The van der Waals surface area contributed by atoms with Gasteiger partial charge in [-0.1, -0.05) is 12.4 Å². The van der Waals surface area contributed by atoms with Gasteiger partial charge in [0.15, 0.2) is 0 Å². The van der Waals surface area contributed by atoms with E-state index in [4.69, 9.17) is 24.1 Å². The molecule has 1 aliphatic rings. The highest BCUT2D eigenvalue weighted by Crippen LogP contribution is 2.33. The average Bonchev–Trinajstić information content (AvgIpc) is 2.47. The predicted octanol–water partition coefficient (Wildman–Crippen LogP) is -0.905. The Labute approximate surface area is 140 Å². The zero-order chi connectivity index (χ0) is 17.9. The molecule has 1 unspecified atom stereocenters. The van der Waals surface area contributed by atoms with E-state index in [-0.39, 0.29) is 23.2 Å². The molecule has 6 N–H and O–H groups in total. The number of carbonyl (C=O) groups excluding carboxylic acids is 1. The van der Waals surface area contributed by atoms with Crippen LogP contribution in [0.1, 0.15) is 15.9 Å². The molecule has 0 aliphatic carbocycles. The number of benzene rings is 1. The second-order valence-electron chi connectivity index (χ2n) is 5.76. The van der Waals surface area contributed by atoms with E-state index >= 15 is 0 Å². The van der Waals surface area contributed by atoms with E-state index in [9.17, 15) is 19.8 Å². The van der Waals surface area contributed by atoms with E-state index in [2.05, 4.69) is 0 Å². The Morgan fingerprint density at radius 2 is 2.08 bits per heavy atom. The van der Waals surface area contributed by atoms with Gasteiger partial charge in [-0.15, -0.1) is 0 Å². The molecule has 1 amide bonds. The fourth-order valence-corrected chi connectivity index (χ4v) is 2.57. The Balaban J connectivity index is 2.02. The summed E-state index contributed by atoms with van der Waals surface area (Å²) in [6.07, 6.45) is 0.419. The molecule has 1 heterocycles. The van der Waals surface area contributed by atoms with E-state index in [1.807, 2.05) is 4.90 Å². The highest BCUT2D eigenvalue weighted by Gasteiger charge is 2.32. The molecule has 8 nitrogen and oxygen atoms in total. The number of primary amides is 1. The molecule has 1 aliphatic heterocycles. The maximum absolute atomic E-state index is 11.4. The van der Waals surface area contributed by atoms with E-state index in [0.29, 0.717) is 37.9 Å². The number of nitrogens with two attached hydrogens (primary N) is 2. The normalized spacial score (nSPS) is 16.4. The van der Waals surface area contributed by atoms with Crippen molar-refractivity contribution in [2.45, 2.75) is 24.9 Å². The van der Waals surface area contributed by atoms with Crippen molar-refractivity contribution in [2.24, 2.45) is 11.5 Å². The third-order valence-electron chi connectivity index (χ3n) is 3.89. The van der Waals surface area contributed by atoms with Crippen molar-refractivity contribution < 1.29 is 24.5 Å². The first-order chi connectivity index (χ1) is 11.3. The smallest absolute Gasteiger partial charge is 0.343 e. The van der Waals surface area contributed by atoms with Gasteiger partial charge in [0.05, 0.1) is 13.9 Å². The molecule has 0 bridgehead atoms. The minimum Gasteiger partial charge on any atom is -0.507 e. The van der Waals surface area contributed by atoms with Crippen LogP contribution < -0.4 is 16.2 Å². The molecule has 1 aromatic rings. The van der Waals surface area contributed by atoms with Crippen LogP contribution >= 0.6 is 0 Å². The van der Waals surface area contributed by atoms with Gasteiger partial charge in [0.25, 0.3) is 0 Å². The lowest BCUT2D eigenvalue weighted by molar-refractivity contribution is -0.120. The van der Waals surface area contributed by atoms with Crippen LogP contribution in [0.4, 0.5) is 0 Å². The van der Waals surface area contributed by atoms with Crippen LogP contribution in [0.3, 0.4) is 0 Å². The number of likely N-dealkylation sites (tertiary alicyclic amines) is 1. The SMILES string of the molecule is [B]CCc1ccc(OC2CN(CC(N)C(N)=O)C2)c(C(=O)O)c1O. The zero-order valence-electron chi connectivity index (χ0n) is 13.1. The van der Waals surface area contributed by atoms with Gasteiger partial charge in [-0.2, -0.15) is 0 Å². The topological polar surface area (TPSA) is 139 Å². The highest BCUT2D eigenvalue weighted by atomic mass is 16.5. The van der Waals surface area contributed by atoms with Crippen LogP contribution in [0, 0.1) is 0 Å². The van der Waals surface area contributed by atoms with Crippen molar-refractivity contribution in [3.05, 3.63) is 23.3 Å². The molecule has 2 radical (unpaired) electrons. The Kier molecular flexibility index (Phi) is 5.69. The quantitative estimate of drug-likeness (QED) is 0.452. The summed E-state index contributed by atoms with van der Waals surface area (Å²) in [5, 5.41) is 19.4. The first-order valence-electron chi connectivity index (χ1n) is 7.55. The van der Waals surface area contributed by atoms with Gasteiger partial charge >= 0.3 is 5.97 Å². The number of hydrogen-bond donors (Lipinski definition) is 4. The maximum Gasteiger partial charge on any atom is 0.343 e. The number of carboxylic acid groups (broad SMARTS) is 1. The minimum absolute atomic E-state index is 0.102. The number of aryl methyl sites for hydroxylation is 1. The minimum atomic E-state index is -1.27. The zero-order valence-corrected chi connectivity index (χ0v) is 13.1. The second kappa shape index (κ2) is 7.54. The van der Waals surface area contributed by atoms with Gasteiger partial charge in [-0.3, -0.25) is 9.69 Å². The number of carboxylic acids is 1. The molecule has 0 spiro atoms. The number of amides is 1. The lowest BCUT2D eigenvalue weighted by atomic mass is 9.95. The predicted molar refractivity (Wildman–Crippen MR) is 87.4 cm³/mol. The summed E-state index contributed by atoms with van der Waals surface area (Å²) in [6, 6.07) is 2.37. The van der Waals surface area contributed by atoms with Gasteiger partial charge in [0.1, 0.15) is 23.2 Å². The van der Waals surface area contributed by atoms with Crippen LogP contribution in [-0.2, 0) is 11.2 Å². The first kappa shape index (κ1) is 18.1. The molecule has 1 fully saturated rings. The Morgan fingerprint density at radius 3 is 2.62 bits per heavy atom. The van der Waals surface area contributed by atoms with Crippen molar-refractivity contribution in [3.8, 4) is 11.5 Å². The van der Waals surface area contributed by atoms with Crippen molar-refractivity contribution in [1.29, 1.82) is 0 Å². The molecular formula is C15H20BN3O5. The van der Waals surface area contributed by atoms with Crippen molar-refractivity contribution in [2.75, 3.05) is 19.6 Å². The lowest BCUT2D eigenvalue weighted by Gasteiger charge is -2.40. The van der Waals surface area contributed by atoms with Crippen molar-refractivity contribution in [3.63, 3.8) is 0 Å². The summed E-state index contributed by atoms with van der Waals surface area (Å²) in [4.78, 5) is 24.2. The second-order valence-corrected chi connectivity index (χ2v) is 5.76. The number of aromatic hydroxyl groups is 1. The van der Waals surface area contributed by atoms with E-state index in [0.717, 1.165) is 0 Å². The van der Waals surface area contributed by atoms with Gasteiger partial charge < -0.3 is 26.4 Å². The number of nitrogens with zero attached hydrogens (tertiary/aromatic N) is 1. The third-order valence-corrected chi connectivity index (χ3v) is 3.89. The summed E-state index contributed by atoms with van der Waals surface area (Å²) in [5.41, 5.74) is 10.9. The van der Waals surface area contributed by atoms with Crippen molar-refractivity contribution >= 4 is 19.7 Å². The monoisotopic (exact) mass is 333 g/mol. The maximum atomic E-state index is 11.4. The molecule has 2 rings (SSSR count). The number of hydrogen-bond acceptors (Lipinski definition) is 6. The Hall–Kier alpha value is -2.26. The van der Waals surface area contributed by atoms with Gasteiger partial charge in [0.2, 0.25) is 5.91 Å².